The lowest BCUT2D eigenvalue weighted by molar-refractivity contribution is -0.0000146. The maximum absolute atomic E-state index is 12.1. The normalized spacial score (nSPS) is 13.5. The first-order chi connectivity index (χ1) is 9.89. The van der Waals surface area contributed by atoms with Gasteiger partial charge in [-0.2, -0.15) is 0 Å². The largest absolute Gasteiger partial charge is 1.00 e. The molecule has 0 saturated carbocycles. The molecule has 0 saturated heterocycles. The Kier molecular flexibility index (Phi) is 6.13. The number of nitrogens with zero attached hydrogens (tertiary/aromatic N) is 2. The van der Waals surface area contributed by atoms with Crippen molar-refractivity contribution in [2.75, 3.05) is 24.1 Å². The SMILES string of the molecule is CCS(=O)(=O)Nc1ccc(C(=O)CN2[C+]N(C)C=C2)cc1.[Cl-]. The number of carbonyl (C=O) groups excluding carboxylic acids is 1. The summed E-state index contributed by atoms with van der Waals surface area (Å²) in [7, 11) is -1.47. The van der Waals surface area contributed by atoms with E-state index < -0.39 is 10.0 Å². The van der Waals surface area contributed by atoms with Crippen LogP contribution in [-0.4, -0.2) is 43.3 Å². The molecule has 1 aliphatic heterocycles. The highest BCUT2D eigenvalue weighted by atomic mass is 35.5. The Morgan fingerprint density at radius 1 is 1.23 bits per heavy atom. The van der Waals surface area contributed by atoms with Crippen molar-refractivity contribution in [1.82, 2.24) is 9.80 Å². The molecule has 2 rings (SSSR count). The third-order valence-electron chi connectivity index (χ3n) is 2.93. The number of nitrogens with one attached hydrogen (secondary N) is 1. The van der Waals surface area contributed by atoms with Crippen molar-refractivity contribution in [3.63, 3.8) is 0 Å². The van der Waals surface area contributed by atoms with E-state index in [-0.39, 0.29) is 30.5 Å². The Morgan fingerprint density at radius 3 is 2.36 bits per heavy atom. The number of benzene rings is 1. The lowest BCUT2D eigenvalue weighted by atomic mass is 10.1. The molecule has 0 bridgehead atoms. The van der Waals surface area contributed by atoms with Crippen molar-refractivity contribution in [3.05, 3.63) is 48.9 Å². The highest BCUT2D eigenvalue weighted by Gasteiger charge is 2.29. The van der Waals surface area contributed by atoms with Crippen molar-refractivity contribution in [2.24, 2.45) is 0 Å². The molecular weight excluding hydrogens is 326 g/mol. The van der Waals surface area contributed by atoms with Gasteiger partial charge in [-0.1, -0.05) is 0 Å². The van der Waals surface area contributed by atoms with Crippen LogP contribution in [0.15, 0.2) is 36.7 Å². The van der Waals surface area contributed by atoms with E-state index in [4.69, 9.17) is 0 Å². The Labute approximate surface area is 137 Å². The number of sulfonamides is 1. The Balaban J connectivity index is 0.00000242. The predicted octanol–water partition coefficient (Wildman–Crippen LogP) is -1.65. The molecule has 1 aromatic carbocycles. The molecule has 0 spiro atoms. The van der Waals surface area contributed by atoms with E-state index in [9.17, 15) is 13.2 Å². The molecule has 0 aliphatic carbocycles. The molecule has 119 valence electrons. The molecule has 1 aliphatic rings. The second-order valence-electron chi connectivity index (χ2n) is 4.64. The van der Waals surface area contributed by atoms with E-state index in [1.165, 1.54) is 0 Å². The maximum Gasteiger partial charge on any atom is 0.564 e. The Bertz CT molecular complexity index is 644. The third kappa shape index (κ3) is 4.85. The lowest BCUT2D eigenvalue weighted by Gasteiger charge is -2.07. The molecule has 1 heterocycles. The molecule has 1 N–H and O–H groups in total. The highest BCUT2D eigenvalue weighted by molar-refractivity contribution is 7.92. The first-order valence-corrected chi connectivity index (χ1v) is 8.12. The summed E-state index contributed by atoms with van der Waals surface area (Å²) in [6.07, 6.45) is 3.57. The summed E-state index contributed by atoms with van der Waals surface area (Å²) in [5.41, 5.74) is 0.978. The van der Waals surface area contributed by atoms with E-state index in [0.717, 1.165) is 0 Å². The molecule has 0 amide bonds. The summed E-state index contributed by atoms with van der Waals surface area (Å²) in [5, 5.41) is 0. The molecule has 1 radical (unpaired) electrons. The van der Waals surface area contributed by atoms with Crippen molar-refractivity contribution in [3.8, 4) is 0 Å². The summed E-state index contributed by atoms with van der Waals surface area (Å²) in [4.78, 5) is 15.5. The smallest absolute Gasteiger partial charge is 0.564 e. The van der Waals surface area contributed by atoms with Crippen molar-refractivity contribution >= 4 is 21.5 Å². The minimum atomic E-state index is -3.30. The fraction of sp³-hybridized carbons (Fsp3) is 0.286. The van der Waals surface area contributed by atoms with E-state index in [1.54, 1.807) is 53.4 Å². The predicted molar refractivity (Wildman–Crippen MR) is 80.7 cm³/mol. The van der Waals surface area contributed by atoms with Gasteiger partial charge in [0.05, 0.1) is 25.2 Å². The number of ketones is 1. The van der Waals surface area contributed by atoms with Crippen LogP contribution >= 0.6 is 0 Å². The third-order valence-corrected chi connectivity index (χ3v) is 4.24. The van der Waals surface area contributed by atoms with Gasteiger partial charge in [-0.3, -0.25) is 9.52 Å². The van der Waals surface area contributed by atoms with Crippen molar-refractivity contribution < 1.29 is 25.6 Å². The number of carbonyl (C=O) groups is 1. The van der Waals surface area contributed by atoms with Gasteiger partial charge >= 0.3 is 6.67 Å². The highest BCUT2D eigenvalue weighted by Crippen LogP contribution is 2.14. The van der Waals surface area contributed by atoms with Crippen LogP contribution in [-0.2, 0) is 10.0 Å². The topological polar surface area (TPSA) is 69.7 Å². The standard InChI is InChI=1S/C14H17N3O3S.ClH/c1-3-21(19,20)15-13-6-4-12(5-7-13)14(18)10-17-9-8-16(2)11-17;/h4-9,15H,3,10H2,1-2H3;1H/q+1;/p-1. The van der Waals surface area contributed by atoms with Gasteiger partial charge in [-0.25, -0.2) is 8.42 Å². The molecule has 8 heteroatoms. The van der Waals surface area contributed by atoms with Gasteiger partial charge in [0.25, 0.3) is 0 Å². The molecule has 0 aromatic heterocycles. The van der Waals surface area contributed by atoms with E-state index >= 15 is 0 Å². The van der Waals surface area contributed by atoms with E-state index in [0.29, 0.717) is 11.3 Å². The van der Waals surface area contributed by atoms with Gasteiger partial charge < -0.3 is 12.4 Å². The number of halogens is 1. The number of hydrogen-bond donors (Lipinski definition) is 1. The van der Waals surface area contributed by atoms with Crippen LogP contribution in [0, 0.1) is 6.67 Å². The average molecular weight is 343 g/mol. The van der Waals surface area contributed by atoms with E-state index in [1.807, 2.05) is 7.05 Å². The Hall–Kier alpha value is -1.86. The fourth-order valence-electron chi connectivity index (χ4n) is 1.76. The number of hydrogen-bond acceptors (Lipinski definition) is 5. The zero-order valence-electron chi connectivity index (χ0n) is 12.3. The van der Waals surface area contributed by atoms with Gasteiger partial charge in [-0.05, 0) is 31.2 Å². The fourth-order valence-corrected chi connectivity index (χ4v) is 2.40. The summed E-state index contributed by atoms with van der Waals surface area (Å²) in [6, 6.07) is 6.39. The molecule has 1 aromatic rings. The number of anilines is 1. The van der Waals surface area contributed by atoms with E-state index in [2.05, 4.69) is 11.4 Å². The van der Waals surface area contributed by atoms with Crippen molar-refractivity contribution in [1.29, 1.82) is 0 Å². The zero-order valence-corrected chi connectivity index (χ0v) is 13.9. The van der Waals surface area contributed by atoms with Crippen LogP contribution in [0.1, 0.15) is 17.3 Å². The second kappa shape index (κ2) is 7.42. The summed E-state index contributed by atoms with van der Waals surface area (Å²) >= 11 is 0. The lowest BCUT2D eigenvalue weighted by Crippen LogP contribution is -3.00. The molecule has 22 heavy (non-hydrogen) atoms. The van der Waals surface area contributed by atoms with Gasteiger partial charge in [-0.15, -0.1) is 9.80 Å². The number of Topliss-reactive ketones (excluding diaryl/α,β-unsaturated/α-hetero) is 1. The van der Waals surface area contributed by atoms with Crippen LogP contribution in [0.5, 0.6) is 0 Å². The van der Waals surface area contributed by atoms with Gasteiger partial charge in [0, 0.05) is 11.3 Å². The van der Waals surface area contributed by atoms with Crippen molar-refractivity contribution in [2.45, 2.75) is 6.92 Å². The zero-order chi connectivity index (χ0) is 15.5. The maximum atomic E-state index is 12.1. The molecule has 0 atom stereocenters. The first-order valence-electron chi connectivity index (χ1n) is 6.47. The monoisotopic (exact) mass is 342 g/mol. The molecular formula is C14H17ClN3O3S. The minimum absolute atomic E-state index is 0. The van der Waals surface area contributed by atoms with Crippen LogP contribution in [0.3, 0.4) is 0 Å². The average Bonchev–Trinajstić information content (AvgIpc) is 2.84. The minimum Gasteiger partial charge on any atom is -1.00 e. The Morgan fingerprint density at radius 2 is 1.86 bits per heavy atom. The molecule has 6 nitrogen and oxygen atoms in total. The van der Waals surface area contributed by atoms with Gasteiger partial charge in [0.2, 0.25) is 10.0 Å². The van der Waals surface area contributed by atoms with Crippen LogP contribution in [0.4, 0.5) is 5.69 Å². The van der Waals surface area contributed by atoms with Gasteiger partial charge in [0.1, 0.15) is 6.54 Å². The molecule has 0 unspecified atom stereocenters. The van der Waals surface area contributed by atoms with Crippen LogP contribution in [0.25, 0.3) is 0 Å². The summed E-state index contributed by atoms with van der Waals surface area (Å²) in [6.45, 7) is 4.71. The first kappa shape index (κ1) is 18.2. The summed E-state index contributed by atoms with van der Waals surface area (Å²) < 4.78 is 25.3. The van der Waals surface area contributed by atoms with Crippen LogP contribution in [0.2, 0.25) is 0 Å². The quantitative estimate of drug-likeness (QED) is 0.495. The van der Waals surface area contributed by atoms with Crippen LogP contribution < -0.4 is 17.1 Å². The second-order valence-corrected chi connectivity index (χ2v) is 6.65. The van der Waals surface area contributed by atoms with Gasteiger partial charge in [0.15, 0.2) is 5.78 Å². The number of rotatable bonds is 6. The molecule has 0 fully saturated rings. The summed E-state index contributed by atoms with van der Waals surface area (Å²) in [5.74, 6) is -0.0545.